The van der Waals surface area contributed by atoms with Gasteiger partial charge in [-0.15, -0.1) is 11.3 Å². The number of carbonyl (C=O) groups excluding carboxylic acids is 1. The summed E-state index contributed by atoms with van der Waals surface area (Å²) in [5, 5.41) is 14.0. The molecule has 2 aromatic carbocycles. The summed E-state index contributed by atoms with van der Waals surface area (Å²) in [6.07, 6.45) is 1.33. The quantitative estimate of drug-likeness (QED) is 0.177. The number of aromatic nitrogens is 2. The van der Waals surface area contributed by atoms with Crippen molar-refractivity contribution in [2.75, 3.05) is 0 Å². The molecule has 5 aromatic rings. The Morgan fingerprint density at radius 2 is 2.06 bits per heavy atom. The van der Waals surface area contributed by atoms with E-state index in [9.17, 15) is 19.7 Å². The molecular weight excluding hydrogens is 498 g/mol. The van der Waals surface area contributed by atoms with Gasteiger partial charge in [-0.3, -0.25) is 24.3 Å². The lowest BCUT2D eigenvalue weighted by molar-refractivity contribution is -0.384. The molecule has 0 N–H and O–H groups in total. The van der Waals surface area contributed by atoms with E-state index in [1.54, 1.807) is 29.6 Å². The first-order valence-corrected chi connectivity index (χ1v) is 11.0. The van der Waals surface area contributed by atoms with E-state index >= 15 is 0 Å². The number of hydrogen-bond donors (Lipinski definition) is 0. The van der Waals surface area contributed by atoms with E-state index in [0.717, 1.165) is 9.86 Å². The van der Waals surface area contributed by atoms with Crippen LogP contribution < -0.4 is 5.56 Å². The van der Waals surface area contributed by atoms with Gasteiger partial charge in [-0.2, -0.15) is 0 Å². The molecule has 158 valence electrons. The summed E-state index contributed by atoms with van der Waals surface area (Å²) >= 11 is 4.65. The molecule has 5 rings (SSSR count). The van der Waals surface area contributed by atoms with Gasteiger partial charge in [0.2, 0.25) is 5.78 Å². The van der Waals surface area contributed by atoms with Gasteiger partial charge in [0.1, 0.15) is 10.4 Å². The van der Waals surface area contributed by atoms with Crippen molar-refractivity contribution < 1.29 is 14.1 Å². The van der Waals surface area contributed by atoms with Crippen LogP contribution in [0.25, 0.3) is 32.3 Å². The molecule has 0 aliphatic heterocycles. The standard InChI is InChI=1S/C22H12BrN3O5S/c23-14-4-5-18-13(6-14)8-19(31-18)17(27)9-25-11-24-21-20(22(25)28)16(10-32-21)12-2-1-3-15(7-12)26(29)30/h1-8,10-11H,9H2. The molecular formula is C22H12BrN3O5S. The third-order valence-electron chi connectivity index (χ3n) is 5.00. The second-order valence-corrected chi connectivity index (χ2v) is 8.80. The van der Waals surface area contributed by atoms with Gasteiger partial charge in [-0.1, -0.05) is 28.1 Å². The maximum atomic E-state index is 13.2. The van der Waals surface area contributed by atoms with Gasteiger partial charge in [0, 0.05) is 32.9 Å². The number of benzene rings is 2. The number of nitro groups is 1. The third-order valence-corrected chi connectivity index (χ3v) is 6.38. The minimum Gasteiger partial charge on any atom is -0.453 e. The molecule has 0 radical (unpaired) electrons. The number of ketones is 1. The van der Waals surface area contributed by atoms with Gasteiger partial charge in [0.25, 0.3) is 11.2 Å². The first-order valence-electron chi connectivity index (χ1n) is 9.34. The van der Waals surface area contributed by atoms with E-state index < -0.39 is 10.5 Å². The van der Waals surface area contributed by atoms with Crippen molar-refractivity contribution in [3.8, 4) is 11.1 Å². The Bertz CT molecular complexity index is 1600. The highest BCUT2D eigenvalue weighted by atomic mass is 79.9. The molecule has 0 saturated carbocycles. The van der Waals surface area contributed by atoms with Crippen molar-refractivity contribution in [2.45, 2.75) is 6.54 Å². The third kappa shape index (κ3) is 3.53. The van der Waals surface area contributed by atoms with E-state index in [1.165, 1.54) is 34.4 Å². The lowest BCUT2D eigenvalue weighted by Crippen LogP contribution is -2.24. The van der Waals surface area contributed by atoms with Crippen LogP contribution in [0.15, 0.2) is 73.9 Å². The van der Waals surface area contributed by atoms with Crippen molar-refractivity contribution in [3.05, 3.63) is 90.9 Å². The van der Waals surface area contributed by atoms with Crippen molar-refractivity contribution >= 4 is 59.9 Å². The number of non-ortho nitro benzene ring substituents is 1. The molecule has 3 heterocycles. The highest BCUT2D eigenvalue weighted by Gasteiger charge is 2.18. The van der Waals surface area contributed by atoms with Gasteiger partial charge < -0.3 is 4.42 Å². The summed E-state index contributed by atoms with van der Waals surface area (Å²) in [6, 6.07) is 13.1. The topological polar surface area (TPSA) is 108 Å². The SMILES string of the molecule is O=C(Cn1cnc2scc(-c3cccc([N+](=O)[O-])c3)c2c1=O)c1cc2cc(Br)ccc2o1. The Hall–Kier alpha value is -3.63. The zero-order valence-electron chi connectivity index (χ0n) is 16.1. The van der Waals surface area contributed by atoms with Crippen molar-refractivity contribution in [2.24, 2.45) is 0 Å². The molecule has 0 unspecified atom stereocenters. The lowest BCUT2D eigenvalue weighted by Gasteiger charge is -2.05. The maximum Gasteiger partial charge on any atom is 0.270 e. The maximum absolute atomic E-state index is 13.2. The van der Waals surface area contributed by atoms with Crippen LogP contribution in [0, 0.1) is 10.1 Å². The van der Waals surface area contributed by atoms with Crippen LogP contribution in [0.5, 0.6) is 0 Å². The number of nitro benzene ring substituents is 1. The fourth-order valence-electron chi connectivity index (χ4n) is 3.46. The van der Waals surface area contributed by atoms with Crippen LogP contribution in [-0.2, 0) is 6.54 Å². The molecule has 0 bridgehead atoms. The van der Waals surface area contributed by atoms with Crippen molar-refractivity contribution in [3.63, 3.8) is 0 Å². The lowest BCUT2D eigenvalue weighted by atomic mass is 10.1. The minimum absolute atomic E-state index is 0.0715. The number of hydrogen-bond acceptors (Lipinski definition) is 7. The number of fused-ring (bicyclic) bond motifs is 2. The molecule has 10 heteroatoms. The monoisotopic (exact) mass is 509 g/mol. The Morgan fingerprint density at radius 1 is 1.22 bits per heavy atom. The molecule has 8 nitrogen and oxygen atoms in total. The summed E-state index contributed by atoms with van der Waals surface area (Å²) in [5.41, 5.74) is 1.18. The number of furan rings is 1. The zero-order chi connectivity index (χ0) is 22.4. The molecule has 0 spiro atoms. The normalized spacial score (nSPS) is 11.3. The predicted octanol–water partition coefficient (Wildman–Crippen LogP) is 5.42. The Kier molecular flexibility index (Phi) is 4.95. The largest absolute Gasteiger partial charge is 0.453 e. The fourth-order valence-corrected chi connectivity index (χ4v) is 4.75. The van der Waals surface area contributed by atoms with E-state index in [-0.39, 0.29) is 23.8 Å². The molecule has 0 atom stereocenters. The summed E-state index contributed by atoms with van der Waals surface area (Å²) < 4.78 is 7.72. The smallest absolute Gasteiger partial charge is 0.270 e. The van der Waals surface area contributed by atoms with Gasteiger partial charge in [0.15, 0.2) is 5.76 Å². The van der Waals surface area contributed by atoms with Crippen LogP contribution in [-0.4, -0.2) is 20.3 Å². The molecule has 0 fully saturated rings. The van der Waals surface area contributed by atoms with E-state index in [0.29, 0.717) is 26.9 Å². The molecule has 0 aliphatic rings. The molecule has 32 heavy (non-hydrogen) atoms. The number of thiophene rings is 1. The van der Waals surface area contributed by atoms with Gasteiger partial charge >= 0.3 is 0 Å². The molecule has 0 aliphatic carbocycles. The van der Waals surface area contributed by atoms with Crippen molar-refractivity contribution in [1.82, 2.24) is 9.55 Å². The summed E-state index contributed by atoms with van der Waals surface area (Å²) in [5.74, 6) is -0.220. The average molecular weight is 510 g/mol. The van der Waals surface area contributed by atoms with Gasteiger partial charge in [-0.05, 0) is 29.8 Å². The Balaban J connectivity index is 1.54. The minimum atomic E-state index is -0.487. The van der Waals surface area contributed by atoms with E-state index in [4.69, 9.17) is 4.42 Å². The number of halogens is 1. The van der Waals surface area contributed by atoms with E-state index in [1.807, 2.05) is 12.1 Å². The van der Waals surface area contributed by atoms with E-state index in [2.05, 4.69) is 20.9 Å². The molecule has 0 amide bonds. The van der Waals surface area contributed by atoms with Crippen LogP contribution in [0.3, 0.4) is 0 Å². The summed E-state index contributed by atoms with van der Waals surface area (Å²) in [7, 11) is 0. The number of rotatable bonds is 5. The number of Topliss-reactive ketones (excluding diaryl/α,β-unsaturated/α-hetero) is 1. The van der Waals surface area contributed by atoms with Crippen LogP contribution in [0.4, 0.5) is 5.69 Å². The summed E-state index contributed by atoms with van der Waals surface area (Å²) in [4.78, 5) is 41.4. The number of carbonyl (C=O) groups is 1. The van der Waals surface area contributed by atoms with Crippen LogP contribution in [0.2, 0.25) is 0 Å². The second kappa shape index (κ2) is 7.81. The van der Waals surface area contributed by atoms with Gasteiger partial charge in [-0.25, -0.2) is 4.98 Å². The average Bonchev–Trinajstić information content (AvgIpc) is 3.40. The Morgan fingerprint density at radius 3 is 2.88 bits per heavy atom. The number of nitrogens with zero attached hydrogens (tertiary/aromatic N) is 3. The van der Waals surface area contributed by atoms with Crippen LogP contribution in [0.1, 0.15) is 10.6 Å². The highest BCUT2D eigenvalue weighted by molar-refractivity contribution is 9.10. The molecule has 0 saturated heterocycles. The van der Waals surface area contributed by atoms with Crippen LogP contribution >= 0.6 is 27.3 Å². The second-order valence-electron chi connectivity index (χ2n) is 7.03. The van der Waals surface area contributed by atoms with Gasteiger partial charge in [0.05, 0.1) is 23.2 Å². The first-order chi connectivity index (χ1) is 15.4. The fraction of sp³-hybridized carbons (Fsp3) is 0.0455. The zero-order valence-corrected chi connectivity index (χ0v) is 18.6. The Labute approximate surface area is 192 Å². The molecule has 3 aromatic heterocycles. The summed E-state index contributed by atoms with van der Waals surface area (Å²) in [6.45, 7) is -0.243. The van der Waals surface area contributed by atoms with Crippen molar-refractivity contribution in [1.29, 1.82) is 0 Å². The first kappa shape index (κ1) is 20.3. The predicted molar refractivity (Wildman–Crippen MR) is 124 cm³/mol. The highest BCUT2D eigenvalue weighted by Crippen LogP contribution is 2.32.